The molecule has 0 radical (unpaired) electrons. The molecule has 0 aliphatic rings. The highest BCUT2D eigenvalue weighted by Crippen LogP contribution is 2.19. The van der Waals surface area contributed by atoms with Crippen molar-refractivity contribution >= 4 is 11.7 Å². The number of hydrogen-bond acceptors (Lipinski definition) is 3. The molecule has 4 nitrogen and oxygen atoms in total. The fourth-order valence-corrected chi connectivity index (χ4v) is 1.82. The number of carbonyl (C=O) groups excluding carboxylic acids is 1. The molecule has 0 unspecified atom stereocenters. The Balaban J connectivity index is 2.20. The van der Waals surface area contributed by atoms with Crippen LogP contribution in [0.2, 0.25) is 0 Å². The van der Waals surface area contributed by atoms with Gasteiger partial charge in [0.25, 0.3) is 0 Å². The van der Waals surface area contributed by atoms with Crippen molar-refractivity contribution in [1.29, 1.82) is 0 Å². The molecule has 1 aromatic heterocycles. The van der Waals surface area contributed by atoms with Crippen molar-refractivity contribution in [3.8, 4) is 0 Å². The van der Waals surface area contributed by atoms with Crippen LogP contribution in [0.3, 0.4) is 0 Å². The SMILES string of the molecule is COC(=O)c1cc(F)ccc1NCc1cccn1C. The second-order valence-electron chi connectivity index (χ2n) is 4.15. The van der Waals surface area contributed by atoms with Gasteiger partial charge in [0.05, 0.1) is 19.2 Å². The molecule has 19 heavy (non-hydrogen) atoms. The molecule has 1 heterocycles. The molecule has 0 aliphatic carbocycles. The predicted molar refractivity (Wildman–Crippen MR) is 70.5 cm³/mol. The molecule has 0 saturated carbocycles. The Morgan fingerprint density at radius 3 is 2.84 bits per heavy atom. The van der Waals surface area contributed by atoms with E-state index in [9.17, 15) is 9.18 Å². The van der Waals surface area contributed by atoms with Crippen molar-refractivity contribution in [3.63, 3.8) is 0 Å². The number of nitrogens with one attached hydrogen (secondary N) is 1. The van der Waals surface area contributed by atoms with E-state index >= 15 is 0 Å². The molecule has 100 valence electrons. The average molecular weight is 262 g/mol. The Morgan fingerprint density at radius 2 is 2.21 bits per heavy atom. The minimum atomic E-state index is -0.561. The second kappa shape index (κ2) is 5.56. The van der Waals surface area contributed by atoms with Crippen LogP contribution in [0.1, 0.15) is 16.1 Å². The number of anilines is 1. The van der Waals surface area contributed by atoms with Gasteiger partial charge in [0.15, 0.2) is 0 Å². The number of aromatic nitrogens is 1. The van der Waals surface area contributed by atoms with Gasteiger partial charge in [-0.25, -0.2) is 9.18 Å². The number of aryl methyl sites for hydroxylation is 1. The van der Waals surface area contributed by atoms with Crippen LogP contribution >= 0.6 is 0 Å². The zero-order valence-electron chi connectivity index (χ0n) is 10.8. The molecule has 0 aliphatic heterocycles. The van der Waals surface area contributed by atoms with Crippen LogP contribution in [-0.4, -0.2) is 17.6 Å². The van der Waals surface area contributed by atoms with Gasteiger partial charge in [-0.05, 0) is 30.3 Å². The summed E-state index contributed by atoms with van der Waals surface area (Å²) in [6.07, 6.45) is 1.93. The average Bonchev–Trinajstić information content (AvgIpc) is 2.82. The first-order chi connectivity index (χ1) is 9.11. The van der Waals surface area contributed by atoms with Crippen molar-refractivity contribution in [3.05, 3.63) is 53.6 Å². The fourth-order valence-electron chi connectivity index (χ4n) is 1.82. The van der Waals surface area contributed by atoms with E-state index in [0.29, 0.717) is 12.2 Å². The maximum absolute atomic E-state index is 13.2. The van der Waals surface area contributed by atoms with E-state index in [2.05, 4.69) is 10.1 Å². The van der Waals surface area contributed by atoms with Gasteiger partial charge in [-0.1, -0.05) is 0 Å². The first-order valence-electron chi connectivity index (χ1n) is 5.83. The van der Waals surface area contributed by atoms with E-state index in [-0.39, 0.29) is 5.56 Å². The number of benzene rings is 1. The van der Waals surface area contributed by atoms with Gasteiger partial charge in [0.2, 0.25) is 0 Å². The molecule has 2 aromatic rings. The van der Waals surface area contributed by atoms with Crippen molar-refractivity contribution in [2.75, 3.05) is 12.4 Å². The van der Waals surface area contributed by atoms with Crippen LogP contribution in [0.25, 0.3) is 0 Å². The zero-order chi connectivity index (χ0) is 13.8. The number of esters is 1. The lowest BCUT2D eigenvalue weighted by Gasteiger charge is -2.11. The monoisotopic (exact) mass is 262 g/mol. The van der Waals surface area contributed by atoms with E-state index in [1.54, 1.807) is 0 Å². The van der Waals surface area contributed by atoms with Crippen molar-refractivity contribution in [1.82, 2.24) is 4.57 Å². The Labute approximate surface area is 110 Å². The molecule has 0 bridgehead atoms. The van der Waals surface area contributed by atoms with Gasteiger partial charge in [-0.2, -0.15) is 0 Å². The quantitative estimate of drug-likeness (QED) is 0.861. The molecule has 2 rings (SSSR count). The first-order valence-corrected chi connectivity index (χ1v) is 5.83. The molecule has 1 aromatic carbocycles. The number of nitrogens with zero attached hydrogens (tertiary/aromatic N) is 1. The van der Waals surface area contributed by atoms with Crippen molar-refractivity contribution in [2.45, 2.75) is 6.54 Å². The Hall–Kier alpha value is -2.30. The van der Waals surface area contributed by atoms with Crippen molar-refractivity contribution < 1.29 is 13.9 Å². The van der Waals surface area contributed by atoms with Gasteiger partial charge >= 0.3 is 5.97 Å². The van der Waals surface area contributed by atoms with E-state index in [1.807, 2.05) is 29.9 Å². The van der Waals surface area contributed by atoms with Crippen LogP contribution in [0.4, 0.5) is 10.1 Å². The van der Waals surface area contributed by atoms with Crippen LogP contribution in [-0.2, 0) is 18.3 Å². The van der Waals surface area contributed by atoms with Gasteiger partial charge < -0.3 is 14.6 Å². The normalized spacial score (nSPS) is 10.3. The highest BCUT2D eigenvalue weighted by molar-refractivity contribution is 5.95. The molecule has 1 N–H and O–H groups in total. The van der Waals surface area contributed by atoms with E-state index < -0.39 is 11.8 Å². The summed E-state index contributed by atoms with van der Waals surface area (Å²) >= 11 is 0. The molecule has 5 heteroatoms. The van der Waals surface area contributed by atoms with Crippen molar-refractivity contribution in [2.24, 2.45) is 7.05 Å². The lowest BCUT2D eigenvalue weighted by Crippen LogP contribution is -2.10. The number of rotatable bonds is 4. The molecular weight excluding hydrogens is 247 g/mol. The third-order valence-corrected chi connectivity index (χ3v) is 2.90. The second-order valence-corrected chi connectivity index (χ2v) is 4.15. The minimum absolute atomic E-state index is 0.191. The number of hydrogen-bond donors (Lipinski definition) is 1. The lowest BCUT2D eigenvalue weighted by atomic mass is 10.1. The first kappa shape index (κ1) is 13.1. The molecule has 0 spiro atoms. The molecule has 0 atom stereocenters. The number of carbonyl (C=O) groups is 1. The van der Waals surface area contributed by atoms with Crippen LogP contribution < -0.4 is 5.32 Å². The summed E-state index contributed by atoms with van der Waals surface area (Å²) in [6, 6.07) is 7.90. The van der Waals surface area contributed by atoms with Gasteiger partial charge in [0.1, 0.15) is 5.82 Å². The smallest absolute Gasteiger partial charge is 0.340 e. The summed E-state index contributed by atoms with van der Waals surface area (Å²) in [5, 5.41) is 3.11. The Kier molecular flexibility index (Phi) is 3.85. The summed E-state index contributed by atoms with van der Waals surface area (Å²) < 4.78 is 19.8. The maximum Gasteiger partial charge on any atom is 0.340 e. The highest BCUT2D eigenvalue weighted by Gasteiger charge is 2.13. The van der Waals surface area contributed by atoms with Gasteiger partial charge in [-0.3, -0.25) is 0 Å². The minimum Gasteiger partial charge on any atom is -0.465 e. The fraction of sp³-hybridized carbons (Fsp3) is 0.214. The molecule has 0 amide bonds. The Bertz CT molecular complexity index is 593. The van der Waals surface area contributed by atoms with E-state index in [4.69, 9.17) is 0 Å². The third kappa shape index (κ3) is 2.93. The summed E-state index contributed by atoms with van der Waals surface area (Å²) in [6.45, 7) is 0.541. The maximum atomic E-state index is 13.2. The summed E-state index contributed by atoms with van der Waals surface area (Å²) in [5.74, 6) is -1.03. The topological polar surface area (TPSA) is 43.3 Å². The Morgan fingerprint density at radius 1 is 1.42 bits per heavy atom. The summed E-state index contributed by atoms with van der Waals surface area (Å²) in [4.78, 5) is 11.6. The largest absolute Gasteiger partial charge is 0.465 e. The third-order valence-electron chi connectivity index (χ3n) is 2.90. The summed E-state index contributed by atoms with van der Waals surface area (Å²) in [7, 11) is 3.21. The zero-order valence-corrected chi connectivity index (χ0v) is 10.8. The molecule has 0 saturated heterocycles. The van der Waals surface area contributed by atoms with Gasteiger partial charge in [-0.15, -0.1) is 0 Å². The van der Waals surface area contributed by atoms with Crippen LogP contribution in [0, 0.1) is 5.82 Å². The van der Waals surface area contributed by atoms with E-state index in [1.165, 1.54) is 25.3 Å². The summed E-state index contributed by atoms with van der Waals surface area (Å²) in [5.41, 5.74) is 1.80. The standard InChI is InChI=1S/C14H15FN2O2/c1-17-7-3-4-11(17)9-16-13-6-5-10(15)8-12(13)14(18)19-2/h3-8,16H,9H2,1-2H3. The van der Waals surface area contributed by atoms with E-state index in [0.717, 1.165) is 5.69 Å². The highest BCUT2D eigenvalue weighted by atomic mass is 19.1. The molecule has 0 fully saturated rings. The predicted octanol–water partition coefficient (Wildman–Crippen LogP) is 2.56. The van der Waals surface area contributed by atoms with Gasteiger partial charge in [0, 0.05) is 24.6 Å². The molecular formula is C14H15FN2O2. The number of methoxy groups -OCH3 is 1. The van der Waals surface area contributed by atoms with Crippen LogP contribution in [0.5, 0.6) is 0 Å². The van der Waals surface area contributed by atoms with Crippen LogP contribution in [0.15, 0.2) is 36.5 Å². The lowest BCUT2D eigenvalue weighted by molar-refractivity contribution is 0.0601. The number of halogens is 1. The number of ether oxygens (including phenoxy) is 1.